The van der Waals surface area contributed by atoms with Crippen LogP contribution in [0.5, 0.6) is 0 Å². The number of hydrogen-bond donors (Lipinski definition) is 2. The lowest BCUT2D eigenvalue weighted by atomic mass is 10.1. The lowest BCUT2D eigenvalue weighted by Crippen LogP contribution is -2.47. The molecule has 8 nitrogen and oxygen atoms in total. The molecule has 0 aliphatic carbocycles. The lowest BCUT2D eigenvalue weighted by Gasteiger charge is -2.05. The second-order valence-electron chi connectivity index (χ2n) is 5.81. The Balaban J connectivity index is 0.000000492. The number of ether oxygens (including phenoxy) is 5. The second-order valence-corrected chi connectivity index (χ2v) is 5.81. The molecule has 0 spiro atoms. The minimum absolute atomic E-state index is 0.321. The highest BCUT2D eigenvalue weighted by atomic mass is 19.5. The molecule has 4 N–H and O–H groups in total. The molecule has 180 valence electrons. The third-order valence-electron chi connectivity index (χ3n) is 3.35. The van der Waals surface area contributed by atoms with Gasteiger partial charge in [-0.25, -0.2) is 4.79 Å². The highest BCUT2D eigenvalue weighted by molar-refractivity contribution is 6.50. The fourth-order valence-electron chi connectivity index (χ4n) is 1.91. The summed E-state index contributed by atoms with van der Waals surface area (Å²) in [7, 11) is -6.00. The zero-order valence-corrected chi connectivity index (χ0v) is 17.3. The van der Waals surface area contributed by atoms with Crippen molar-refractivity contribution in [1.29, 1.82) is 0 Å². The molecule has 0 atom stereocenters. The van der Waals surface area contributed by atoms with Gasteiger partial charge in [-0.15, -0.1) is 0 Å². The molecule has 0 radical (unpaired) electrons. The van der Waals surface area contributed by atoms with E-state index in [0.29, 0.717) is 78.2 Å². The minimum Gasteiger partial charge on any atom is -0.478 e. The van der Waals surface area contributed by atoms with Crippen LogP contribution in [0.15, 0.2) is 24.3 Å². The van der Waals surface area contributed by atoms with Crippen LogP contribution >= 0.6 is 0 Å². The third-order valence-corrected chi connectivity index (χ3v) is 3.35. The van der Waals surface area contributed by atoms with Crippen molar-refractivity contribution in [3.8, 4) is 0 Å². The lowest BCUT2D eigenvalue weighted by molar-refractivity contribution is -0.386. The first kappa shape index (κ1) is 29.2. The topological polar surface area (TPSA) is 111 Å². The minimum atomic E-state index is -6.00. The molecule has 0 unspecified atom stereocenters. The van der Waals surface area contributed by atoms with Crippen molar-refractivity contribution >= 4 is 13.2 Å². The molecular formula is C18H30BF4NO7. The third kappa shape index (κ3) is 22.7. The van der Waals surface area contributed by atoms with E-state index in [-0.39, 0.29) is 0 Å². The summed E-state index contributed by atoms with van der Waals surface area (Å²) in [6.45, 7) is 6.80. The molecule has 0 bridgehead atoms. The number of hydrogen-bond acceptors (Lipinski definition) is 6. The van der Waals surface area contributed by atoms with Crippen LogP contribution in [0.1, 0.15) is 15.9 Å². The maximum absolute atomic E-state index is 10.4. The van der Waals surface area contributed by atoms with Crippen LogP contribution in [-0.2, 0) is 30.2 Å². The van der Waals surface area contributed by atoms with Gasteiger partial charge in [-0.2, -0.15) is 0 Å². The average molecular weight is 459 g/mol. The molecule has 1 heterocycles. The number of benzene rings is 1. The summed E-state index contributed by atoms with van der Waals surface area (Å²) in [6, 6.07) is 6.72. The SMILES string of the molecule is C1COCCOCCOCCOCCO1.F[B-](F)(F)F.[NH3+]Cc1ccc(C(=O)O)cc1. The summed E-state index contributed by atoms with van der Waals surface area (Å²) in [5.74, 6) is -0.888. The van der Waals surface area contributed by atoms with E-state index in [1.54, 1.807) is 24.3 Å². The van der Waals surface area contributed by atoms with Crippen LogP contribution in [0, 0.1) is 0 Å². The van der Waals surface area contributed by atoms with Gasteiger partial charge in [0, 0.05) is 5.56 Å². The fourth-order valence-corrected chi connectivity index (χ4v) is 1.91. The monoisotopic (exact) mass is 459 g/mol. The Labute approximate surface area is 178 Å². The highest BCUT2D eigenvalue weighted by Gasteiger charge is 2.20. The van der Waals surface area contributed by atoms with Crippen molar-refractivity contribution < 1.29 is 56.6 Å². The van der Waals surface area contributed by atoms with Crippen LogP contribution in [0.4, 0.5) is 17.3 Å². The van der Waals surface area contributed by atoms with E-state index in [0.717, 1.165) is 5.56 Å². The summed E-state index contributed by atoms with van der Waals surface area (Å²) >= 11 is 0. The molecule has 1 aliphatic rings. The second kappa shape index (κ2) is 19.0. The van der Waals surface area contributed by atoms with Gasteiger partial charge in [-0.05, 0) is 12.1 Å². The number of rotatable bonds is 2. The van der Waals surface area contributed by atoms with Crippen molar-refractivity contribution in [2.45, 2.75) is 6.54 Å². The first-order valence-corrected chi connectivity index (χ1v) is 9.61. The number of carbonyl (C=O) groups is 1. The summed E-state index contributed by atoms with van der Waals surface area (Å²) in [5, 5.41) is 8.53. The van der Waals surface area contributed by atoms with E-state index in [2.05, 4.69) is 5.73 Å². The normalized spacial score (nSPS) is 16.9. The van der Waals surface area contributed by atoms with Crippen LogP contribution in [-0.4, -0.2) is 84.4 Å². The first-order valence-electron chi connectivity index (χ1n) is 9.61. The van der Waals surface area contributed by atoms with Crippen molar-refractivity contribution in [3.63, 3.8) is 0 Å². The summed E-state index contributed by atoms with van der Waals surface area (Å²) < 4.78 is 65.4. The summed E-state index contributed by atoms with van der Waals surface area (Å²) in [4.78, 5) is 10.4. The van der Waals surface area contributed by atoms with E-state index in [4.69, 9.17) is 28.8 Å². The number of carboxylic acid groups (broad SMARTS) is 1. The molecule has 2 rings (SSSR count). The van der Waals surface area contributed by atoms with Gasteiger partial charge in [0.05, 0.1) is 78.2 Å². The van der Waals surface area contributed by atoms with Gasteiger partial charge in [-0.1, -0.05) is 12.1 Å². The molecule has 31 heavy (non-hydrogen) atoms. The average Bonchev–Trinajstić information content (AvgIpc) is 2.72. The van der Waals surface area contributed by atoms with Crippen LogP contribution < -0.4 is 5.73 Å². The largest absolute Gasteiger partial charge is 0.673 e. The number of carboxylic acids is 1. The van der Waals surface area contributed by atoms with Gasteiger partial charge in [0.15, 0.2) is 0 Å². The van der Waals surface area contributed by atoms with E-state index < -0.39 is 13.2 Å². The predicted molar refractivity (Wildman–Crippen MR) is 104 cm³/mol. The molecule has 0 aromatic heterocycles. The molecule has 1 aromatic carbocycles. The Morgan fingerprint density at radius 3 is 1.19 bits per heavy atom. The Morgan fingerprint density at radius 2 is 1.00 bits per heavy atom. The molecule has 13 heteroatoms. The van der Waals surface area contributed by atoms with Crippen molar-refractivity contribution in [1.82, 2.24) is 0 Å². The molecule has 1 aromatic rings. The number of quaternary nitrogens is 1. The fraction of sp³-hybridized carbons (Fsp3) is 0.611. The summed E-state index contributed by atoms with van der Waals surface area (Å²) in [6.07, 6.45) is 0. The van der Waals surface area contributed by atoms with E-state index in [1.807, 2.05) is 0 Å². The van der Waals surface area contributed by atoms with Crippen molar-refractivity contribution in [2.24, 2.45) is 0 Å². The van der Waals surface area contributed by atoms with Gasteiger partial charge in [0.25, 0.3) is 0 Å². The molecule has 1 aliphatic heterocycles. The van der Waals surface area contributed by atoms with Gasteiger partial charge in [-0.3, -0.25) is 0 Å². The number of halogens is 4. The van der Waals surface area contributed by atoms with E-state index in [9.17, 15) is 22.1 Å². The van der Waals surface area contributed by atoms with Gasteiger partial charge >= 0.3 is 13.2 Å². The molecule has 0 amide bonds. The Hall–Kier alpha value is -1.77. The standard InChI is InChI=1S/C10H20O5.C8H9NO2.BF4/c1-2-12-5-6-14-9-10-15-8-7-13-4-3-11-1;9-5-6-1-3-7(4-2-6)8(10)11;2-1(3,4)5/h1-10H2;1-4H,5,9H2,(H,10,11);/q;;-1/p+1. The molecule has 1 fully saturated rings. The van der Waals surface area contributed by atoms with Crippen molar-refractivity contribution in [3.05, 3.63) is 35.4 Å². The molecular weight excluding hydrogens is 429 g/mol. The van der Waals surface area contributed by atoms with Crippen LogP contribution in [0.25, 0.3) is 0 Å². The quantitative estimate of drug-likeness (QED) is 0.510. The highest BCUT2D eigenvalue weighted by Crippen LogP contribution is 2.06. The zero-order valence-electron chi connectivity index (χ0n) is 17.3. The Kier molecular flexibility index (Phi) is 17.9. The maximum atomic E-state index is 10.4. The van der Waals surface area contributed by atoms with E-state index in [1.165, 1.54) is 0 Å². The molecule has 1 saturated heterocycles. The Morgan fingerprint density at radius 1 is 0.742 bits per heavy atom. The predicted octanol–water partition coefficient (Wildman–Crippen LogP) is 1.51. The first-order chi connectivity index (χ1) is 14.7. The molecule has 0 saturated carbocycles. The smallest absolute Gasteiger partial charge is 0.478 e. The maximum Gasteiger partial charge on any atom is 0.673 e. The van der Waals surface area contributed by atoms with Gasteiger partial charge < -0.3 is 51.8 Å². The Bertz CT molecular complexity index is 500. The number of aromatic carboxylic acids is 1. The van der Waals surface area contributed by atoms with Crippen LogP contribution in [0.3, 0.4) is 0 Å². The van der Waals surface area contributed by atoms with Gasteiger partial charge in [0.1, 0.15) is 0 Å². The van der Waals surface area contributed by atoms with Crippen LogP contribution in [0.2, 0.25) is 0 Å². The van der Waals surface area contributed by atoms with Gasteiger partial charge in [0.2, 0.25) is 0 Å². The van der Waals surface area contributed by atoms with Crippen molar-refractivity contribution in [2.75, 3.05) is 66.1 Å². The zero-order chi connectivity index (χ0) is 23.4. The van der Waals surface area contributed by atoms with E-state index >= 15 is 0 Å². The summed E-state index contributed by atoms with van der Waals surface area (Å²) in [5.41, 5.74) is 5.06.